The minimum Gasteiger partial charge on any atom is -0.378 e. The normalized spacial score (nSPS) is 14.3. The molecule has 218 valence electrons. The van der Waals surface area contributed by atoms with E-state index in [1.165, 1.54) is 0 Å². The molecule has 0 radical (unpaired) electrons. The number of rotatable bonds is 15. The molecule has 1 aromatic rings. The van der Waals surface area contributed by atoms with E-state index >= 15 is 0 Å². The van der Waals surface area contributed by atoms with Gasteiger partial charge < -0.3 is 31.0 Å². The highest BCUT2D eigenvalue weighted by Crippen LogP contribution is 2.14. The lowest BCUT2D eigenvalue weighted by molar-refractivity contribution is -0.134. The predicted octanol–water partition coefficient (Wildman–Crippen LogP) is 2.27. The lowest BCUT2D eigenvalue weighted by atomic mass is 9.98. The molecule has 0 spiro atoms. The van der Waals surface area contributed by atoms with Crippen LogP contribution in [0.25, 0.3) is 0 Å². The molecule has 39 heavy (non-hydrogen) atoms. The maximum absolute atomic E-state index is 13.3. The highest BCUT2D eigenvalue weighted by Gasteiger charge is 2.33. The van der Waals surface area contributed by atoms with Crippen LogP contribution in [0.5, 0.6) is 0 Å². The van der Waals surface area contributed by atoms with Gasteiger partial charge in [0.05, 0.1) is 6.04 Å². The Kier molecular flexibility index (Phi) is 13.7. The fourth-order valence-electron chi connectivity index (χ4n) is 3.93. The highest BCUT2D eigenvalue weighted by molar-refractivity contribution is 5.99. The van der Waals surface area contributed by atoms with Crippen molar-refractivity contribution >= 4 is 35.6 Å². The third kappa shape index (κ3) is 10.7. The minimum atomic E-state index is -0.939. The number of nitrogens with zero attached hydrogens (tertiary/aromatic N) is 1. The van der Waals surface area contributed by atoms with Crippen molar-refractivity contribution in [1.82, 2.24) is 21.3 Å². The third-order valence-corrected chi connectivity index (χ3v) is 6.40. The van der Waals surface area contributed by atoms with Gasteiger partial charge >= 0.3 is 0 Å². The van der Waals surface area contributed by atoms with E-state index in [9.17, 15) is 24.0 Å². The molecule has 10 heteroatoms. The smallest absolute Gasteiger partial charge is 0.251 e. The van der Waals surface area contributed by atoms with Gasteiger partial charge in [-0.15, -0.1) is 0 Å². The Bertz CT molecular complexity index is 975. The molecular formula is C29H47N5O5. The Balaban J connectivity index is 3.03. The molecule has 0 aliphatic heterocycles. The number of aldehydes is 1. The fraction of sp³-hybridized carbons (Fsp3) is 0.621. The van der Waals surface area contributed by atoms with Gasteiger partial charge in [0, 0.05) is 25.3 Å². The number of benzene rings is 1. The SMILES string of the molecule is CC[C@@H](C=O)NC(=O)[C@H](CC(C)C)NC(=O)[C@@H](NC(=O)[C@@H](NC(=O)c1ccc(N(C)C)cc1)C(C)C)C(C)C. The van der Waals surface area contributed by atoms with Crippen LogP contribution in [0.15, 0.2) is 24.3 Å². The molecule has 0 aromatic heterocycles. The molecule has 4 amide bonds. The van der Waals surface area contributed by atoms with Crippen molar-refractivity contribution in [2.75, 3.05) is 19.0 Å². The highest BCUT2D eigenvalue weighted by atomic mass is 16.2. The van der Waals surface area contributed by atoms with E-state index in [4.69, 9.17) is 0 Å². The second-order valence-electron chi connectivity index (χ2n) is 11.2. The molecular weight excluding hydrogens is 498 g/mol. The fourth-order valence-corrected chi connectivity index (χ4v) is 3.93. The summed E-state index contributed by atoms with van der Waals surface area (Å²) in [7, 11) is 3.81. The van der Waals surface area contributed by atoms with Crippen molar-refractivity contribution in [3.8, 4) is 0 Å². The molecule has 0 saturated heterocycles. The standard InChI is InChI=1S/C29H47N5O5/c1-10-21(16-35)30-27(37)23(15-17(2)3)31-28(38)24(18(4)5)33-29(39)25(19(6)7)32-26(36)20-11-13-22(14-12-20)34(8)9/h11-14,16-19,21,23-25H,10,15H2,1-9H3,(H,30,37)(H,31,38)(H,32,36)(H,33,39)/t21-,23-,24-,25-/m0/s1. The summed E-state index contributed by atoms with van der Waals surface area (Å²) in [6.45, 7) is 12.8. The molecule has 0 saturated carbocycles. The van der Waals surface area contributed by atoms with Crippen molar-refractivity contribution in [3.63, 3.8) is 0 Å². The van der Waals surface area contributed by atoms with Gasteiger partial charge in [0.1, 0.15) is 24.4 Å². The second-order valence-corrected chi connectivity index (χ2v) is 11.2. The topological polar surface area (TPSA) is 137 Å². The number of hydrogen-bond acceptors (Lipinski definition) is 6. The third-order valence-electron chi connectivity index (χ3n) is 6.40. The maximum atomic E-state index is 13.3. The molecule has 0 aliphatic carbocycles. The van der Waals surface area contributed by atoms with Crippen LogP contribution in [0.4, 0.5) is 5.69 Å². The Morgan fingerprint density at radius 2 is 1.28 bits per heavy atom. The van der Waals surface area contributed by atoms with E-state index in [0.29, 0.717) is 24.7 Å². The molecule has 0 heterocycles. The van der Waals surface area contributed by atoms with E-state index in [-0.39, 0.29) is 17.8 Å². The quantitative estimate of drug-likeness (QED) is 0.250. The second kappa shape index (κ2) is 15.9. The zero-order valence-corrected chi connectivity index (χ0v) is 24.8. The van der Waals surface area contributed by atoms with Crippen molar-refractivity contribution in [2.24, 2.45) is 17.8 Å². The Morgan fingerprint density at radius 3 is 1.72 bits per heavy atom. The minimum absolute atomic E-state index is 0.0942. The van der Waals surface area contributed by atoms with Gasteiger partial charge in [0.2, 0.25) is 17.7 Å². The van der Waals surface area contributed by atoms with Crippen molar-refractivity contribution in [2.45, 2.75) is 85.5 Å². The maximum Gasteiger partial charge on any atom is 0.251 e. The van der Waals surface area contributed by atoms with E-state index < -0.39 is 47.8 Å². The summed E-state index contributed by atoms with van der Waals surface area (Å²) < 4.78 is 0. The largest absolute Gasteiger partial charge is 0.378 e. The van der Waals surface area contributed by atoms with Gasteiger partial charge in [0.15, 0.2) is 0 Å². The molecule has 4 atom stereocenters. The molecule has 10 nitrogen and oxygen atoms in total. The molecule has 0 fully saturated rings. The van der Waals surface area contributed by atoms with Crippen LogP contribution in [-0.4, -0.2) is 68.2 Å². The first kappa shape index (κ1) is 33.6. The number of carbonyl (C=O) groups is 5. The number of hydrogen-bond donors (Lipinski definition) is 4. The number of amides is 4. The van der Waals surface area contributed by atoms with Gasteiger partial charge in [0.25, 0.3) is 5.91 Å². The zero-order valence-electron chi connectivity index (χ0n) is 24.8. The first-order valence-electron chi connectivity index (χ1n) is 13.7. The Morgan fingerprint density at radius 1 is 0.769 bits per heavy atom. The van der Waals surface area contributed by atoms with Crippen LogP contribution in [0.3, 0.4) is 0 Å². The lowest BCUT2D eigenvalue weighted by Gasteiger charge is -2.29. The monoisotopic (exact) mass is 545 g/mol. The molecule has 1 aromatic carbocycles. The molecule has 0 bridgehead atoms. The number of nitrogens with one attached hydrogen (secondary N) is 4. The summed E-state index contributed by atoms with van der Waals surface area (Å²) in [5.41, 5.74) is 1.36. The van der Waals surface area contributed by atoms with Crippen LogP contribution < -0.4 is 26.2 Å². The number of anilines is 1. The van der Waals surface area contributed by atoms with Crippen LogP contribution in [-0.2, 0) is 19.2 Å². The van der Waals surface area contributed by atoms with Gasteiger partial charge in [-0.25, -0.2) is 0 Å². The van der Waals surface area contributed by atoms with Crippen LogP contribution in [0, 0.1) is 17.8 Å². The van der Waals surface area contributed by atoms with Gasteiger partial charge in [-0.3, -0.25) is 19.2 Å². The van der Waals surface area contributed by atoms with Crippen LogP contribution in [0.1, 0.15) is 71.7 Å². The summed E-state index contributed by atoms with van der Waals surface area (Å²) in [5.74, 6) is -2.29. The van der Waals surface area contributed by atoms with Crippen LogP contribution >= 0.6 is 0 Å². The summed E-state index contributed by atoms with van der Waals surface area (Å²) >= 11 is 0. The van der Waals surface area contributed by atoms with Crippen molar-refractivity contribution < 1.29 is 24.0 Å². The first-order valence-corrected chi connectivity index (χ1v) is 13.7. The van der Waals surface area contributed by atoms with Crippen molar-refractivity contribution in [1.29, 1.82) is 0 Å². The Hall–Kier alpha value is -3.43. The van der Waals surface area contributed by atoms with E-state index in [2.05, 4.69) is 21.3 Å². The lowest BCUT2D eigenvalue weighted by Crippen LogP contribution is -2.59. The molecule has 4 N–H and O–H groups in total. The average molecular weight is 546 g/mol. The van der Waals surface area contributed by atoms with Crippen LogP contribution in [0.2, 0.25) is 0 Å². The summed E-state index contributed by atoms with van der Waals surface area (Å²) in [6, 6.07) is 3.70. The van der Waals surface area contributed by atoms with Gasteiger partial charge in [-0.05, 0) is 54.9 Å². The molecule has 1 rings (SSSR count). The molecule has 0 aliphatic rings. The Labute approximate surface area is 233 Å². The predicted molar refractivity (Wildman–Crippen MR) is 153 cm³/mol. The number of carbonyl (C=O) groups excluding carboxylic acids is 5. The summed E-state index contributed by atoms with van der Waals surface area (Å²) in [4.78, 5) is 65.5. The first-order chi connectivity index (χ1) is 18.2. The van der Waals surface area contributed by atoms with Gasteiger partial charge in [-0.1, -0.05) is 48.5 Å². The van der Waals surface area contributed by atoms with E-state index in [1.807, 2.05) is 58.8 Å². The van der Waals surface area contributed by atoms with E-state index in [0.717, 1.165) is 5.69 Å². The van der Waals surface area contributed by atoms with E-state index in [1.54, 1.807) is 32.9 Å². The van der Waals surface area contributed by atoms with Crippen molar-refractivity contribution in [3.05, 3.63) is 29.8 Å². The molecule has 0 unspecified atom stereocenters. The average Bonchev–Trinajstić information content (AvgIpc) is 2.87. The summed E-state index contributed by atoms with van der Waals surface area (Å²) in [5, 5.41) is 11.0. The zero-order chi connectivity index (χ0) is 29.9. The van der Waals surface area contributed by atoms with Gasteiger partial charge in [-0.2, -0.15) is 0 Å². The summed E-state index contributed by atoms with van der Waals surface area (Å²) in [6.07, 6.45) is 1.47.